The van der Waals surface area contributed by atoms with Gasteiger partial charge in [0.15, 0.2) is 6.10 Å². The molecule has 4 N–H and O–H groups in total. The monoisotopic (exact) mass is 590 g/mol. The Bertz CT molecular complexity index is 1230. The van der Waals surface area contributed by atoms with Crippen molar-refractivity contribution < 1.29 is 34.8 Å². The van der Waals surface area contributed by atoms with E-state index in [1.54, 1.807) is 20.8 Å². The summed E-state index contributed by atoms with van der Waals surface area (Å²) in [7, 11) is 0. The predicted octanol–water partition coefficient (Wildman–Crippen LogP) is 2.16. The van der Waals surface area contributed by atoms with E-state index in [1.165, 1.54) is 4.90 Å². The Morgan fingerprint density at radius 2 is 1.12 bits per heavy atom. The molecule has 0 saturated carbocycles. The van der Waals surface area contributed by atoms with Crippen LogP contribution in [0.2, 0.25) is 0 Å². The molecule has 0 aliphatic carbocycles. The van der Waals surface area contributed by atoms with Gasteiger partial charge in [-0.3, -0.25) is 14.5 Å². The zero-order valence-corrected chi connectivity index (χ0v) is 24.9. The molecule has 1 aliphatic heterocycles. The van der Waals surface area contributed by atoms with Gasteiger partial charge in [0.05, 0.1) is 11.0 Å². The van der Waals surface area contributed by atoms with Gasteiger partial charge >= 0.3 is 5.97 Å². The average Bonchev–Trinajstić information content (AvgIpc) is 3.03. The lowest BCUT2D eigenvalue weighted by atomic mass is 9.75. The maximum absolute atomic E-state index is 13.2. The van der Waals surface area contributed by atoms with Crippen molar-refractivity contribution in [3.05, 3.63) is 108 Å². The van der Waals surface area contributed by atoms with Gasteiger partial charge < -0.3 is 30.1 Å². The smallest absolute Gasteiger partial charge is 0.311 e. The molecule has 9 nitrogen and oxygen atoms in total. The number of amides is 1. The number of carbonyl (C=O) groups is 2. The van der Waals surface area contributed by atoms with Crippen molar-refractivity contribution in [2.24, 2.45) is 5.41 Å². The summed E-state index contributed by atoms with van der Waals surface area (Å²) in [6.45, 7) is 5.77. The Balaban J connectivity index is 1.51. The summed E-state index contributed by atoms with van der Waals surface area (Å²) in [6, 6.07) is 30.6. The summed E-state index contributed by atoms with van der Waals surface area (Å²) in [5, 5.41) is 41.9. The molecule has 3 aromatic rings. The van der Waals surface area contributed by atoms with Crippen LogP contribution in [0.3, 0.4) is 0 Å². The van der Waals surface area contributed by atoms with Gasteiger partial charge in [-0.05, 0) is 37.5 Å². The van der Waals surface area contributed by atoms with Crippen LogP contribution in [0.1, 0.15) is 37.5 Å². The Labute approximate surface area is 253 Å². The highest BCUT2D eigenvalue weighted by Gasteiger charge is 2.45. The van der Waals surface area contributed by atoms with Crippen molar-refractivity contribution in [2.45, 2.75) is 50.7 Å². The van der Waals surface area contributed by atoms with E-state index in [-0.39, 0.29) is 13.1 Å². The standard InChI is InChI=1S/C34H42N2O7/c1-33(2,3)32(42)43-23-27(37)28(38)29(39)30(40)31(41)35-19-21-36(22-20-35)34(24-13-7-4-8-14-24,25-15-9-5-10-16-25)26-17-11-6-12-18-26/h4-18,27-30,37-40H,19-23H2,1-3H3/t27?,28-,29+,30-/m1/s1. The number of hydrogen-bond acceptors (Lipinski definition) is 8. The maximum Gasteiger partial charge on any atom is 0.311 e. The Kier molecular flexibility index (Phi) is 10.4. The number of carbonyl (C=O) groups excluding carboxylic acids is 2. The van der Waals surface area contributed by atoms with Gasteiger partial charge in [-0.1, -0.05) is 91.0 Å². The molecule has 9 heteroatoms. The fourth-order valence-electron chi connectivity index (χ4n) is 5.57. The number of benzene rings is 3. The third kappa shape index (κ3) is 6.98. The van der Waals surface area contributed by atoms with E-state index in [1.807, 2.05) is 54.6 Å². The first-order valence-electron chi connectivity index (χ1n) is 14.6. The van der Waals surface area contributed by atoms with Crippen LogP contribution in [0.5, 0.6) is 0 Å². The first-order valence-corrected chi connectivity index (χ1v) is 14.6. The highest BCUT2D eigenvalue weighted by atomic mass is 16.5. The van der Waals surface area contributed by atoms with Gasteiger partial charge in [0.2, 0.25) is 0 Å². The molecule has 230 valence electrons. The van der Waals surface area contributed by atoms with Crippen molar-refractivity contribution >= 4 is 11.9 Å². The van der Waals surface area contributed by atoms with E-state index < -0.39 is 53.9 Å². The summed E-state index contributed by atoms with van der Waals surface area (Å²) in [6.07, 6.45) is -7.55. The number of aliphatic hydroxyl groups excluding tert-OH is 4. The van der Waals surface area contributed by atoms with Crippen LogP contribution in [0.15, 0.2) is 91.0 Å². The van der Waals surface area contributed by atoms with Crippen LogP contribution in [-0.2, 0) is 19.9 Å². The Hall–Kier alpha value is -3.60. The predicted molar refractivity (Wildman–Crippen MR) is 162 cm³/mol. The van der Waals surface area contributed by atoms with Crippen molar-refractivity contribution in [3.8, 4) is 0 Å². The van der Waals surface area contributed by atoms with E-state index in [4.69, 9.17) is 4.74 Å². The Morgan fingerprint density at radius 1 is 0.698 bits per heavy atom. The van der Waals surface area contributed by atoms with Crippen LogP contribution in [0, 0.1) is 5.41 Å². The van der Waals surface area contributed by atoms with Crippen LogP contribution in [0.25, 0.3) is 0 Å². The number of hydrogen-bond donors (Lipinski definition) is 4. The molecular formula is C34H42N2O7. The number of nitrogens with zero attached hydrogens (tertiary/aromatic N) is 2. The van der Waals surface area contributed by atoms with E-state index in [0.29, 0.717) is 13.1 Å². The second kappa shape index (κ2) is 13.8. The highest BCUT2D eigenvalue weighted by molar-refractivity contribution is 5.81. The zero-order valence-electron chi connectivity index (χ0n) is 24.9. The molecule has 1 fully saturated rings. The van der Waals surface area contributed by atoms with E-state index in [0.717, 1.165) is 16.7 Å². The fourth-order valence-corrected chi connectivity index (χ4v) is 5.57. The third-order valence-electron chi connectivity index (χ3n) is 7.96. The zero-order chi connectivity index (χ0) is 31.2. The summed E-state index contributed by atoms with van der Waals surface area (Å²) in [4.78, 5) is 29.0. The fraction of sp³-hybridized carbons (Fsp3) is 0.412. The normalized spacial score (nSPS) is 17.5. The molecule has 1 aliphatic rings. The lowest BCUT2D eigenvalue weighted by Crippen LogP contribution is -2.60. The van der Waals surface area contributed by atoms with E-state index in [2.05, 4.69) is 41.3 Å². The number of rotatable bonds is 10. The molecule has 1 saturated heterocycles. The first kappa shape index (κ1) is 32.3. The molecule has 1 heterocycles. The molecule has 0 radical (unpaired) electrons. The van der Waals surface area contributed by atoms with Crippen LogP contribution < -0.4 is 0 Å². The average molecular weight is 591 g/mol. The number of esters is 1. The summed E-state index contributed by atoms with van der Waals surface area (Å²) in [5.41, 5.74) is 1.76. The summed E-state index contributed by atoms with van der Waals surface area (Å²) < 4.78 is 5.01. The molecule has 1 amide bonds. The van der Waals surface area contributed by atoms with Gasteiger partial charge in [0.25, 0.3) is 5.91 Å². The lowest BCUT2D eigenvalue weighted by Gasteiger charge is -2.49. The minimum absolute atomic E-state index is 0.263. The minimum Gasteiger partial charge on any atom is -0.462 e. The molecule has 43 heavy (non-hydrogen) atoms. The van der Waals surface area contributed by atoms with E-state index in [9.17, 15) is 30.0 Å². The highest BCUT2D eigenvalue weighted by Crippen LogP contribution is 2.42. The molecule has 4 rings (SSSR count). The molecule has 0 aromatic heterocycles. The van der Waals surface area contributed by atoms with Crippen LogP contribution in [-0.4, -0.2) is 99.3 Å². The number of piperazine rings is 1. The number of aliphatic hydroxyl groups is 4. The third-order valence-corrected chi connectivity index (χ3v) is 7.96. The van der Waals surface area contributed by atoms with Crippen LogP contribution in [0.4, 0.5) is 0 Å². The molecular weight excluding hydrogens is 548 g/mol. The molecule has 3 aromatic carbocycles. The van der Waals surface area contributed by atoms with Gasteiger partial charge in [-0.25, -0.2) is 0 Å². The largest absolute Gasteiger partial charge is 0.462 e. The van der Waals surface area contributed by atoms with Crippen LogP contribution >= 0.6 is 0 Å². The van der Waals surface area contributed by atoms with Crippen molar-refractivity contribution in [2.75, 3.05) is 32.8 Å². The molecule has 4 atom stereocenters. The van der Waals surface area contributed by atoms with Crippen molar-refractivity contribution in [3.63, 3.8) is 0 Å². The second-order valence-corrected chi connectivity index (χ2v) is 12.0. The first-order chi connectivity index (χ1) is 20.5. The molecule has 1 unspecified atom stereocenters. The molecule has 0 bridgehead atoms. The van der Waals surface area contributed by atoms with Gasteiger partial charge in [-0.15, -0.1) is 0 Å². The summed E-state index contributed by atoms with van der Waals surface area (Å²) >= 11 is 0. The summed E-state index contributed by atoms with van der Waals surface area (Å²) in [5.74, 6) is -1.35. The lowest BCUT2D eigenvalue weighted by molar-refractivity contribution is -0.169. The topological polar surface area (TPSA) is 131 Å². The van der Waals surface area contributed by atoms with Gasteiger partial charge in [0, 0.05) is 26.2 Å². The Morgan fingerprint density at radius 3 is 1.51 bits per heavy atom. The van der Waals surface area contributed by atoms with Crippen molar-refractivity contribution in [1.82, 2.24) is 9.80 Å². The second-order valence-electron chi connectivity index (χ2n) is 12.0. The SMILES string of the molecule is CC(C)(C)C(=O)OCC(O)[C@@H](O)[C@H](O)[C@@H](O)C(=O)N1CCN(C(c2ccccc2)(c2ccccc2)c2ccccc2)CC1. The van der Waals surface area contributed by atoms with Gasteiger partial charge in [-0.2, -0.15) is 0 Å². The quantitative estimate of drug-likeness (QED) is 0.209. The van der Waals surface area contributed by atoms with Crippen molar-refractivity contribution in [1.29, 1.82) is 0 Å². The maximum atomic E-state index is 13.2. The number of ether oxygens (including phenoxy) is 1. The van der Waals surface area contributed by atoms with Gasteiger partial charge in [0.1, 0.15) is 24.9 Å². The van der Waals surface area contributed by atoms with E-state index >= 15 is 0 Å². The minimum atomic E-state index is -1.98. The molecule has 0 spiro atoms.